The predicted molar refractivity (Wildman–Crippen MR) is 105 cm³/mol. The maximum atomic E-state index is 12.5. The second-order valence-electron chi connectivity index (χ2n) is 5.90. The summed E-state index contributed by atoms with van der Waals surface area (Å²) in [6.45, 7) is 1.84. The molecule has 0 fully saturated rings. The Labute approximate surface area is 174 Å². The van der Waals surface area contributed by atoms with Crippen LogP contribution in [0.5, 0.6) is 0 Å². The number of anilines is 1. The Morgan fingerprint density at radius 3 is 2.46 bits per heavy atom. The maximum absolute atomic E-state index is 12.5. The van der Waals surface area contributed by atoms with Gasteiger partial charge in [0.2, 0.25) is 5.91 Å². The molecule has 0 spiro atoms. The molecule has 0 saturated carbocycles. The van der Waals surface area contributed by atoms with Gasteiger partial charge in [0, 0.05) is 28.0 Å². The molecule has 1 aromatic carbocycles. The van der Waals surface area contributed by atoms with Gasteiger partial charge in [-0.3, -0.25) is 14.2 Å². The van der Waals surface area contributed by atoms with Gasteiger partial charge in [0.1, 0.15) is 11.1 Å². The minimum absolute atomic E-state index is 0.0152. The first-order valence-corrected chi connectivity index (χ1v) is 9.13. The molecular formula is C17H14Cl3N5O3. The number of carbonyl (C=O) groups excluding carboxylic acids is 1. The van der Waals surface area contributed by atoms with E-state index < -0.39 is 17.9 Å². The molecule has 8 nitrogen and oxygen atoms in total. The fourth-order valence-corrected chi connectivity index (χ4v) is 3.12. The van der Waals surface area contributed by atoms with Crippen LogP contribution in [0.15, 0.2) is 36.8 Å². The number of carboxylic acids is 1. The predicted octanol–water partition coefficient (Wildman–Crippen LogP) is 3.99. The topological polar surface area (TPSA) is 102 Å². The quantitative estimate of drug-likeness (QED) is 0.601. The van der Waals surface area contributed by atoms with Crippen LogP contribution < -0.4 is 5.32 Å². The Balaban J connectivity index is 1.74. The molecular weight excluding hydrogens is 429 g/mol. The number of halogens is 3. The van der Waals surface area contributed by atoms with Crippen LogP contribution in [0.25, 0.3) is 0 Å². The number of aromatic nitrogens is 4. The summed E-state index contributed by atoms with van der Waals surface area (Å²) in [7, 11) is 0. The molecule has 0 radical (unpaired) electrons. The molecule has 1 atom stereocenters. The zero-order chi connectivity index (χ0) is 20.4. The molecule has 0 saturated heterocycles. The first kappa shape index (κ1) is 20.2. The molecule has 1 amide bonds. The van der Waals surface area contributed by atoms with E-state index in [1.807, 2.05) is 0 Å². The van der Waals surface area contributed by atoms with Gasteiger partial charge in [0.15, 0.2) is 5.82 Å². The minimum Gasteiger partial charge on any atom is -0.478 e. The number of nitrogens with zero attached hydrogens (tertiary/aromatic N) is 4. The Morgan fingerprint density at radius 2 is 1.86 bits per heavy atom. The number of amides is 1. The number of rotatable bonds is 6. The monoisotopic (exact) mass is 441 g/mol. The summed E-state index contributed by atoms with van der Waals surface area (Å²) >= 11 is 18.5. The minimum atomic E-state index is -1.13. The van der Waals surface area contributed by atoms with Crippen molar-refractivity contribution >= 4 is 52.5 Å². The van der Waals surface area contributed by atoms with Gasteiger partial charge >= 0.3 is 5.97 Å². The average Bonchev–Trinajstić information content (AvgIpc) is 3.25. The largest absolute Gasteiger partial charge is 0.478 e. The van der Waals surface area contributed by atoms with Crippen LogP contribution in [0, 0.1) is 0 Å². The van der Waals surface area contributed by atoms with Crippen molar-refractivity contribution < 1.29 is 14.7 Å². The Morgan fingerprint density at radius 1 is 1.18 bits per heavy atom. The molecule has 146 valence electrons. The summed E-state index contributed by atoms with van der Waals surface area (Å²) in [5.74, 6) is -1.42. The Bertz CT molecular complexity index is 1030. The summed E-state index contributed by atoms with van der Waals surface area (Å²) in [6.07, 6.45) is 3.98. The third kappa shape index (κ3) is 4.30. The van der Waals surface area contributed by atoms with Crippen LogP contribution in [-0.2, 0) is 11.3 Å². The molecule has 0 bridgehead atoms. The van der Waals surface area contributed by atoms with E-state index in [1.54, 1.807) is 25.1 Å². The second kappa shape index (κ2) is 8.22. The van der Waals surface area contributed by atoms with E-state index in [9.17, 15) is 9.59 Å². The molecule has 2 aromatic heterocycles. The van der Waals surface area contributed by atoms with Crippen molar-refractivity contribution in [3.05, 3.63) is 63.0 Å². The van der Waals surface area contributed by atoms with Crippen LogP contribution >= 0.6 is 34.8 Å². The van der Waals surface area contributed by atoms with Crippen molar-refractivity contribution in [2.45, 2.75) is 19.5 Å². The number of carbonyl (C=O) groups is 2. The molecule has 0 aliphatic heterocycles. The normalized spacial score (nSPS) is 12.0. The van der Waals surface area contributed by atoms with Crippen LogP contribution in [0.3, 0.4) is 0 Å². The van der Waals surface area contributed by atoms with Crippen LogP contribution in [0.4, 0.5) is 5.82 Å². The number of hydrogen-bond donors (Lipinski definition) is 2. The lowest BCUT2D eigenvalue weighted by atomic mass is 10.2. The van der Waals surface area contributed by atoms with Gasteiger partial charge in [0.25, 0.3) is 0 Å². The molecule has 0 aliphatic carbocycles. The first-order chi connectivity index (χ1) is 13.3. The highest BCUT2D eigenvalue weighted by atomic mass is 35.5. The smallest absolute Gasteiger partial charge is 0.338 e. The Hall–Kier alpha value is -2.55. The summed E-state index contributed by atoms with van der Waals surface area (Å²) in [4.78, 5) is 23.4. The molecule has 2 N–H and O–H groups in total. The fraction of sp³-hybridized carbons (Fsp3) is 0.176. The SMILES string of the molecule is CC(C(=O)Nc1nn(Cc2c(Cl)cccc2Cl)cc1Cl)n1cc(C(=O)O)cn1. The first-order valence-electron chi connectivity index (χ1n) is 8.00. The summed E-state index contributed by atoms with van der Waals surface area (Å²) < 4.78 is 2.75. The molecule has 3 rings (SSSR count). The van der Waals surface area contributed by atoms with Gasteiger partial charge in [0.05, 0.1) is 18.3 Å². The molecule has 0 aliphatic rings. The van der Waals surface area contributed by atoms with E-state index in [0.29, 0.717) is 15.6 Å². The lowest BCUT2D eigenvalue weighted by molar-refractivity contribution is -0.119. The van der Waals surface area contributed by atoms with Crippen molar-refractivity contribution in [2.24, 2.45) is 0 Å². The van der Waals surface area contributed by atoms with E-state index >= 15 is 0 Å². The highest BCUT2D eigenvalue weighted by molar-refractivity contribution is 6.36. The zero-order valence-electron chi connectivity index (χ0n) is 14.4. The van der Waals surface area contributed by atoms with Gasteiger partial charge in [-0.25, -0.2) is 4.79 Å². The molecule has 2 heterocycles. The van der Waals surface area contributed by atoms with Crippen molar-refractivity contribution in [3.8, 4) is 0 Å². The zero-order valence-corrected chi connectivity index (χ0v) is 16.7. The summed E-state index contributed by atoms with van der Waals surface area (Å²) in [6, 6.07) is 4.40. The number of benzene rings is 1. The van der Waals surface area contributed by atoms with Gasteiger partial charge in [-0.15, -0.1) is 0 Å². The van der Waals surface area contributed by atoms with Crippen molar-refractivity contribution in [2.75, 3.05) is 5.32 Å². The van der Waals surface area contributed by atoms with Crippen LogP contribution in [0.2, 0.25) is 15.1 Å². The summed E-state index contributed by atoms with van der Waals surface area (Å²) in [5, 5.41) is 20.9. The number of aromatic carboxylic acids is 1. The van der Waals surface area contributed by atoms with Crippen molar-refractivity contribution in [1.82, 2.24) is 19.6 Å². The summed E-state index contributed by atoms with van der Waals surface area (Å²) in [5.41, 5.74) is 0.660. The molecule has 11 heteroatoms. The highest BCUT2D eigenvalue weighted by Gasteiger charge is 2.20. The number of hydrogen-bond acceptors (Lipinski definition) is 4. The van der Waals surface area contributed by atoms with E-state index in [-0.39, 0.29) is 22.9 Å². The Kier molecular flexibility index (Phi) is 5.93. The highest BCUT2D eigenvalue weighted by Crippen LogP contribution is 2.27. The molecule has 1 unspecified atom stereocenters. The third-order valence-electron chi connectivity index (χ3n) is 3.97. The van der Waals surface area contributed by atoms with Crippen molar-refractivity contribution in [1.29, 1.82) is 0 Å². The fourth-order valence-electron chi connectivity index (χ4n) is 2.41. The van der Waals surface area contributed by atoms with Crippen LogP contribution in [-0.4, -0.2) is 36.5 Å². The van der Waals surface area contributed by atoms with E-state index in [1.165, 1.54) is 28.0 Å². The number of nitrogens with one attached hydrogen (secondary N) is 1. The van der Waals surface area contributed by atoms with E-state index in [0.717, 1.165) is 0 Å². The van der Waals surface area contributed by atoms with E-state index in [2.05, 4.69) is 15.5 Å². The molecule has 28 heavy (non-hydrogen) atoms. The van der Waals surface area contributed by atoms with Gasteiger partial charge in [-0.05, 0) is 19.1 Å². The maximum Gasteiger partial charge on any atom is 0.338 e. The molecule has 3 aromatic rings. The van der Waals surface area contributed by atoms with Gasteiger partial charge in [-0.1, -0.05) is 40.9 Å². The average molecular weight is 443 g/mol. The standard InChI is InChI=1S/C17H14Cl3N5O3/c1-9(25-6-10(5-21-25)17(27)28)16(26)22-15-14(20)8-24(23-15)7-11-12(18)3-2-4-13(11)19/h2-6,8-9H,7H2,1H3,(H,27,28)(H,22,23,26). The van der Waals surface area contributed by atoms with Gasteiger partial charge < -0.3 is 10.4 Å². The van der Waals surface area contributed by atoms with Crippen LogP contribution in [0.1, 0.15) is 28.9 Å². The van der Waals surface area contributed by atoms with Crippen molar-refractivity contribution in [3.63, 3.8) is 0 Å². The number of carboxylic acid groups (broad SMARTS) is 1. The van der Waals surface area contributed by atoms with E-state index in [4.69, 9.17) is 39.9 Å². The van der Waals surface area contributed by atoms with Gasteiger partial charge in [-0.2, -0.15) is 10.2 Å². The third-order valence-corrected chi connectivity index (χ3v) is 4.95. The second-order valence-corrected chi connectivity index (χ2v) is 7.12. The lowest BCUT2D eigenvalue weighted by Crippen LogP contribution is -2.24. The lowest BCUT2D eigenvalue weighted by Gasteiger charge is -2.11.